The Hall–Kier alpha value is -0.0800. The summed E-state index contributed by atoms with van der Waals surface area (Å²) >= 11 is 0. The molecule has 0 fully saturated rings. The average Bonchev–Trinajstić information content (AvgIpc) is 2.47. The van der Waals surface area contributed by atoms with Gasteiger partial charge in [-0.15, -0.1) is 0 Å². The van der Waals surface area contributed by atoms with E-state index in [0.29, 0.717) is 0 Å². The maximum atomic E-state index is 5.48. The summed E-state index contributed by atoms with van der Waals surface area (Å²) in [6.45, 7) is 5.58. The van der Waals surface area contributed by atoms with Crippen LogP contribution in [0.15, 0.2) is 0 Å². The number of nitrogens with two attached hydrogens (primary N) is 1. The molecule has 2 nitrogen and oxygen atoms in total. The van der Waals surface area contributed by atoms with Crippen molar-refractivity contribution >= 4 is 0 Å². The van der Waals surface area contributed by atoms with Crippen LogP contribution in [0.3, 0.4) is 0 Å². The highest BCUT2D eigenvalue weighted by atomic mass is 14.8. The molecule has 0 heterocycles. The first kappa shape index (κ1) is 19.9. The van der Waals surface area contributed by atoms with Crippen LogP contribution in [0.1, 0.15) is 96.8 Å². The Kier molecular flexibility index (Phi) is 18.8. The zero-order chi connectivity index (χ0) is 14.7. The SMILES string of the molecule is CCCCCCCCCCNCCCCCCCCN. The van der Waals surface area contributed by atoms with Crippen LogP contribution < -0.4 is 11.1 Å². The standard InChI is InChI=1S/C18H40N2/c1-2-3-4-5-6-8-11-14-17-20-18-15-12-9-7-10-13-16-19/h20H,2-19H2,1H3. The van der Waals surface area contributed by atoms with E-state index in [4.69, 9.17) is 5.73 Å². The number of hydrogen-bond donors (Lipinski definition) is 2. The first-order valence-electron chi connectivity index (χ1n) is 9.32. The Labute approximate surface area is 128 Å². The lowest BCUT2D eigenvalue weighted by atomic mass is 10.1. The molecule has 0 radical (unpaired) electrons. The summed E-state index contributed by atoms with van der Waals surface area (Å²) in [6.07, 6.45) is 19.4. The zero-order valence-corrected chi connectivity index (χ0v) is 14.1. The van der Waals surface area contributed by atoms with Crippen molar-refractivity contribution in [3.05, 3.63) is 0 Å². The molecule has 0 atom stereocenters. The van der Waals surface area contributed by atoms with Crippen molar-refractivity contribution < 1.29 is 0 Å². The van der Waals surface area contributed by atoms with Crippen LogP contribution in [0.4, 0.5) is 0 Å². The maximum absolute atomic E-state index is 5.48. The highest BCUT2D eigenvalue weighted by Gasteiger charge is 1.93. The maximum Gasteiger partial charge on any atom is -0.00489 e. The van der Waals surface area contributed by atoms with Gasteiger partial charge in [-0.3, -0.25) is 0 Å². The summed E-state index contributed by atoms with van der Waals surface area (Å²) in [6, 6.07) is 0. The second-order valence-electron chi connectivity index (χ2n) is 6.13. The summed E-state index contributed by atoms with van der Waals surface area (Å²) in [5.41, 5.74) is 5.48. The van der Waals surface area contributed by atoms with Gasteiger partial charge in [-0.2, -0.15) is 0 Å². The van der Waals surface area contributed by atoms with Crippen molar-refractivity contribution in [1.29, 1.82) is 0 Å². The molecule has 0 aromatic carbocycles. The van der Waals surface area contributed by atoms with Gasteiger partial charge in [0.05, 0.1) is 0 Å². The number of nitrogens with one attached hydrogen (secondary N) is 1. The first-order valence-corrected chi connectivity index (χ1v) is 9.32. The molecule has 0 aliphatic heterocycles. The Morgan fingerprint density at radius 1 is 0.550 bits per heavy atom. The Morgan fingerprint density at radius 3 is 1.40 bits per heavy atom. The Morgan fingerprint density at radius 2 is 0.950 bits per heavy atom. The summed E-state index contributed by atoms with van der Waals surface area (Å²) in [5, 5.41) is 3.58. The third-order valence-electron chi connectivity index (χ3n) is 4.01. The fourth-order valence-electron chi connectivity index (χ4n) is 2.61. The minimum absolute atomic E-state index is 0.861. The third kappa shape index (κ3) is 17.9. The van der Waals surface area contributed by atoms with Gasteiger partial charge in [0.25, 0.3) is 0 Å². The molecule has 0 aliphatic rings. The molecule has 0 unspecified atom stereocenters. The molecular formula is C18H40N2. The molecule has 0 rings (SSSR count). The lowest BCUT2D eigenvalue weighted by Gasteiger charge is -2.05. The summed E-state index contributed by atoms with van der Waals surface area (Å²) < 4.78 is 0. The third-order valence-corrected chi connectivity index (χ3v) is 4.01. The molecule has 0 amide bonds. The topological polar surface area (TPSA) is 38.0 Å². The minimum atomic E-state index is 0.861. The number of hydrogen-bond acceptors (Lipinski definition) is 2. The molecule has 0 spiro atoms. The van der Waals surface area contributed by atoms with Crippen LogP contribution in [0.25, 0.3) is 0 Å². The predicted octanol–water partition coefficient (Wildman–Crippen LogP) is 5.02. The van der Waals surface area contributed by atoms with Gasteiger partial charge in [-0.05, 0) is 38.9 Å². The van der Waals surface area contributed by atoms with Crippen molar-refractivity contribution in [2.45, 2.75) is 96.8 Å². The van der Waals surface area contributed by atoms with E-state index >= 15 is 0 Å². The van der Waals surface area contributed by atoms with Crippen LogP contribution in [0, 0.1) is 0 Å². The highest BCUT2D eigenvalue weighted by Crippen LogP contribution is 2.08. The zero-order valence-electron chi connectivity index (χ0n) is 14.1. The second-order valence-corrected chi connectivity index (χ2v) is 6.13. The van der Waals surface area contributed by atoms with Gasteiger partial charge in [0, 0.05) is 0 Å². The van der Waals surface area contributed by atoms with Crippen molar-refractivity contribution in [3.63, 3.8) is 0 Å². The van der Waals surface area contributed by atoms with Crippen LogP contribution in [0.5, 0.6) is 0 Å². The van der Waals surface area contributed by atoms with Crippen molar-refractivity contribution in [2.24, 2.45) is 5.73 Å². The summed E-state index contributed by atoms with van der Waals surface area (Å²) in [7, 11) is 0. The minimum Gasteiger partial charge on any atom is -0.330 e. The van der Waals surface area contributed by atoms with Gasteiger partial charge in [0.2, 0.25) is 0 Å². The quantitative estimate of drug-likeness (QED) is 0.368. The monoisotopic (exact) mass is 284 g/mol. The Bertz CT molecular complexity index is 141. The van der Waals surface area contributed by atoms with E-state index < -0.39 is 0 Å². The van der Waals surface area contributed by atoms with Crippen LogP contribution >= 0.6 is 0 Å². The highest BCUT2D eigenvalue weighted by molar-refractivity contribution is 4.52. The lowest BCUT2D eigenvalue weighted by molar-refractivity contribution is 0.536. The smallest absolute Gasteiger partial charge is 0.00489 e. The van der Waals surface area contributed by atoms with Gasteiger partial charge in [0.1, 0.15) is 0 Å². The van der Waals surface area contributed by atoms with E-state index in [1.54, 1.807) is 0 Å². The molecule has 0 aromatic heterocycles. The summed E-state index contributed by atoms with van der Waals surface area (Å²) in [5.74, 6) is 0. The van der Waals surface area contributed by atoms with E-state index in [-0.39, 0.29) is 0 Å². The van der Waals surface area contributed by atoms with Crippen molar-refractivity contribution in [1.82, 2.24) is 5.32 Å². The normalized spacial score (nSPS) is 11.1. The average molecular weight is 285 g/mol. The molecule has 20 heavy (non-hydrogen) atoms. The van der Waals surface area contributed by atoms with E-state index in [9.17, 15) is 0 Å². The fraction of sp³-hybridized carbons (Fsp3) is 1.00. The number of rotatable bonds is 17. The molecule has 0 bridgehead atoms. The van der Waals surface area contributed by atoms with Crippen LogP contribution in [0.2, 0.25) is 0 Å². The van der Waals surface area contributed by atoms with Gasteiger partial charge in [-0.25, -0.2) is 0 Å². The van der Waals surface area contributed by atoms with E-state index in [0.717, 1.165) is 6.54 Å². The van der Waals surface area contributed by atoms with E-state index in [2.05, 4.69) is 12.2 Å². The molecule has 122 valence electrons. The predicted molar refractivity (Wildman–Crippen MR) is 92.2 cm³/mol. The van der Waals surface area contributed by atoms with Crippen molar-refractivity contribution in [3.8, 4) is 0 Å². The molecule has 0 aromatic rings. The summed E-state index contributed by atoms with van der Waals surface area (Å²) in [4.78, 5) is 0. The molecule has 0 saturated heterocycles. The lowest BCUT2D eigenvalue weighted by Crippen LogP contribution is -2.16. The van der Waals surface area contributed by atoms with Gasteiger partial charge < -0.3 is 11.1 Å². The molecule has 0 aliphatic carbocycles. The Balaban J connectivity index is 2.89. The molecule has 3 N–H and O–H groups in total. The van der Waals surface area contributed by atoms with Gasteiger partial charge >= 0.3 is 0 Å². The fourth-order valence-corrected chi connectivity index (χ4v) is 2.61. The largest absolute Gasteiger partial charge is 0.330 e. The molecule has 2 heteroatoms. The molecule has 0 saturated carbocycles. The first-order chi connectivity index (χ1) is 9.91. The van der Waals surface area contributed by atoms with E-state index in [1.807, 2.05) is 0 Å². The van der Waals surface area contributed by atoms with Gasteiger partial charge in [-0.1, -0.05) is 77.6 Å². The van der Waals surface area contributed by atoms with E-state index in [1.165, 1.54) is 103 Å². The second kappa shape index (κ2) is 18.9. The number of unbranched alkanes of at least 4 members (excludes halogenated alkanes) is 12. The van der Waals surface area contributed by atoms with Crippen LogP contribution in [-0.4, -0.2) is 19.6 Å². The van der Waals surface area contributed by atoms with Crippen molar-refractivity contribution in [2.75, 3.05) is 19.6 Å². The molecular weight excluding hydrogens is 244 g/mol. The van der Waals surface area contributed by atoms with Gasteiger partial charge in [0.15, 0.2) is 0 Å². The van der Waals surface area contributed by atoms with Crippen LogP contribution in [-0.2, 0) is 0 Å².